The van der Waals surface area contributed by atoms with E-state index >= 15 is 0 Å². The minimum Gasteiger partial charge on any atom is -0.331 e. The first-order valence-electron chi connectivity index (χ1n) is 7.60. The summed E-state index contributed by atoms with van der Waals surface area (Å²) in [6.45, 7) is 6.82. The lowest BCUT2D eigenvalue weighted by Gasteiger charge is -2.08. The molecular formula is C22H23N. The van der Waals surface area contributed by atoms with Gasteiger partial charge in [0.15, 0.2) is 0 Å². The summed E-state index contributed by atoms with van der Waals surface area (Å²) in [4.78, 5) is 0. The Hall–Kier alpha value is -2.74. The molecule has 0 saturated heterocycles. The van der Waals surface area contributed by atoms with Crippen LogP contribution in [0.3, 0.4) is 0 Å². The Morgan fingerprint density at radius 1 is 0.870 bits per heavy atom. The molecule has 116 valence electrons. The molecule has 0 aliphatic heterocycles. The zero-order chi connectivity index (χ0) is 17.1. The van der Waals surface area contributed by atoms with Crippen molar-refractivity contribution < 1.29 is 0 Å². The van der Waals surface area contributed by atoms with Crippen LogP contribution in [0, 0.1) is 24.7 Å². The van der Waals surface area contributed by atoms with Crippen molar-refractivity contribution >= 4 is 5.57 Å². The highest BCUT2D eigenvalue weighted by atomic mass is 14.5. The van der Waals surface area contributed by atoms with Gasteiger partial charge in [-0.05, 0) is 34.4 Å². The van der Waals surface area contributed by atoms with E-state index in [-0.39, 0.29) is 0 Å². The van der Waals surface area contributed by atoms with Gasteiger partial charge in [0.2, 0.25) is 0 Å². The SMILES string of the molecule is C#CCc1ccc(C(=C)c2ccc(CC#C)cc2)cc1.CCN. The predicted octanol–water partition coefficient (Wildman–Crippen LogP) is 4.06. The highest BCUT2D eigenvalue weighted by molar-refractivity contribution is 5.78. The van der Waals surface area contributed by atoms with Gasteiger partial charge in [-0.1, -0.05) is 62.0 Å². The highest BCUT2D eigenvalue weighted by Crippen LogP contribution is 2.22. The Kier molecular flexibility index (Phi) is 8.01. The summed E-state index contributed by atoms with van der Waals surface area (Å²) in [5.41, 5.74) is 10.4. The second-order valence-electron chi connectivity index (χ2n) is 5.04. The number of hydrogen-bond donors (Lipinski definition) is 1. The monoisotopic (exact) mass is 301 g/mol. The normalized spacial score (nSPS) is 9.04. The molecule has 0 spiro atoms. The number of terminal acetylenes is 2. The first-order valence-corrected chi connectivity index (χ1v) is 7.60. The molecule has 2 rings (SSSR count). The van der Waals surface area contributed by atoms with Crippen LogP contribution in [0.2, 0.25) is 0 Å². The maximum Gasteiger partial charge on any atom is 0.0337 e. The van der Waals surface area contributed by atoms with Crippen LogP contribution < -0.4 is 5.73 Å². The molecule has 0 aliphatic carbocycles. The second-order valence-corrected chi connectivity index (χ2v) is 5.04. The van der Waals surface area contributed by atoms with E-state index in [2.05, 4.69) is 42.7 Å². The maximum absolute atomic E-state index is 5.31. The molecule has 0 fully saturated rings. The van der Waals surface area contributed by atoms with Gasteiger partial charge < -0.3 is 5.73 Å². The van der Waals surface area contributed by atoms with Crippen molar-refractivity contribution in [3.05, 3.63) is 77.4 Å². The zero-order valence-corrected chi connectivity index (χ0v) is 13.7. The molecule has 0 unspecified atom stereocenters. The van der Waals surface area contributed by atoms with Gasteiger partial charge >= 0.3 is 0 Å². The highest BCUT2D eigenvalue weighted by Gasteiger charge is 2.02. The molecule has 0 radical (unpaired) electrons. The summed E-state index contributed by atoms with van der Waals surface area (Å²) in [7, 11) is 0. The Labute approximate surface area is 140 Å². The molecule has 1 nitrogen and oxygen atoms in total. The van der Waals surface area contributed by atoms with Crippen molar-refractivity contribution in [3.8, 4) is 24.7 Å². The quantitative estimate of drug-likeness (QED) is 0.847. The van der Waals surface area contributed by atoms with E-state index in [1.165, 1.54) is 0 Å². The number of hydrogen-bond acceptors (Lipinski definition) is 1. The molecule has 23 heavy (non-hydrogen) atoms. The van der Waals surface area contributed by atoms with Gasteiger partial charge in [-0.15, -0.1) is 24.7 Å². The third-order valence-electron chi connectivity index (χ3n) is 3.22. The minimum absolute atomic E-state index is 0.660. The lowest BCUT2D eigenvalue weighted by atomic mass is 9.97. The summed E-state index contributed by atoms with van der Waals surface area (Å²) in [5.74, 6) is 5.29. The van der Waals surface area contributed by atoms with E-state index in [0.717, 1.165) is 34.4 Å². The second kappa shape index (κ2) is 10.1. The van der Waals surface area contributed by atoms with Gasteiger partial charge in [0.05, 0.1) is 0 Å². The van der Waals surface area contributed by atoms with Crippen LogP contribution in [0.4, 0.5) is 0 Å². The largest absolute Gasteiger partial charge is 0.331 e. The predicted molar refractivity (Wildman–Crippen MR) is 101 cm³/mol. The van der Waals surface area contributed by atoms with Gasteiger partial charge in [0.1, 0.15) is 0 Å². The van der Waals surface area contributed by atoms with Crippen LogP contribution in [0.25, 0.3) is 5.57 Å². The van der Waals surface area contributed by atoms with Crippen molar-refractivity contribution in [1.29, 1.82) is 0 Å². The fraction of sp³-hybridized carbons (Fsp3) is 0.182. The van der Waals surface area contributed by atoms with Crippen molar-refractivity contribution in [2.24, 2.45) is 5.73 Å². The average Bonchev–Trinajstić information content (AvgIpc) is 2.57. The third-order valence-corrected chi connectivity index (χ3v) is 3.22. The average molecular weight is 301 g/mol. The third kappa shape index (κ3) is 5.87. The van der Waals surface area contributed by atoms with Crippen LogP contribution in [-0.4, -0.2) is 6.54 Å². The maximum atomic E-state index is 5.31. The molecule has 0 bridgehead atoms. The van der Waals surface area contributed by atoms with Crippen LogP contribution >= 0.6 is 0 Å². The first-order chi connectivity index (χ1) is 11.2. The van der Waals surface area contributed by atoms with Crippen LogP contribution in [0.1, 0.15) is 29.2 Å². The Morgan fingerprint density at radius 3 is 1.43 bits per heavy atom. The molecule has 0 atom stereocenters. The lowest BCUT2D eigenvalue weighted by molar-refractivity contribution is 1.14. The Morgan fingerprint density at radius 2 is 1.17 bits per heavy atom. The molecule has 0 heterocycles. The molecule has 1 heteroatoms. The molecule has 0 aliphatic rings. The molecule has 0 aromatic heterocycles. The van der Waals surface area contributed by atoms with E-state index in [0.29, 0.717) is 12.8 Å². The van der Waals surface area contributed by atoms with Gasteiger partial charge in [0, 0.05) is 12.8 Å². The van der Waals surface area contributed by atoms with Crippen LogP contribution in [0.15, 0.2) is 55.1 Å². The van der Waals surface area contributed by atoms with E-state index in [1.807, 2.05) is 31.2 Å². The molecule has 0 saturated carbocycles. The summed E-state index contributed by atoms with van der Waals surface area (Å²) >= 11 is 0. The Bertz CT molecular complexity index is 630. The molecule has 0 amide bonds. The topological polar surface area (TPSA) is 26.0 Å². The standard InChI is InChI=1S/C20H16.C2H7N/c1-4-6-17-8-12-19(13-9-17)16(3)20-14-10-18(7-5-2)11-15-20;1-2-3/h1-2,8-15H,3,6-7H2;2-3H2,1H3. The number of benzene rings is 2. The Balaban J connectivity index is 0.000000816. The van der Waals surface area contributed by atoms with Crippen molar-refractivity contribution in [2.75, 3.05) is 6.54 Å². The molecule has 2 aromatic rings. The summed E-state index contributed by atoms with van der Waals surface area (Å²) in [6, 6.07) is 16.4. The van der Waals surface area contributed by atoms with Crippen LogP contribution in [0.5, 0.6) is 0 Å². The van der Waals surface area contributed by atoms with E-state index < -0.39 is 0 Å². The van der Waals surface area contributed by atoms with Crippen LogP contribution in [-0.2, 0) is 12.8 Å². The molecule has 2 N–H and O–H groups in total. The number of nitrogens with two attached hydrogens (primary N) is 1. The zero-order valence-electron chi connectivity index (χ0n) is 13.7. The van der Waals surface area contributed by atoms with Gasteiger partial charge in [-0.25, -0.2) is 0 Å². The molecule has 2 aromatic carbocycles. The summed E-state index contributed by atoms with van der Waals surface area (Å²) in [5, 5.41) is 0. The summed E-state index contributed by atoms with van der Waals surface area (Å²) < 4.78 is 0. The number of rotatable bonds is 4. The lowest BCUT2D eigenvalue weighted by Crippen LogP contribution is -1.89. The fourth-order valence-electron chi connectivity index (χ4n) is 2.05. The molecular weight excluding hydrogens is 278 g/mol. The van der Waals surface area contributed by atoms with E-state index in [1.54, 1.807) is 0 Å². The van der Waals surface area contributed by atoms with E-state index in [4.69, 9.17) is 18.6 Å². The smallest absolute Gasteiger partial charge is 0.0337 e. The minimum atomic E-state index is 0.660. The van der Waals surface area contributed by atoms with Gasteiger partial charge in [-0.3, -0.25) is 0 Å². The van der Waals surface area contributed by atoms with E-state index in [9.17, 15) is 0 Å². The van der Waals surface area contributed by atoms with Gasteiger partial charge in [-0.2, -0.15) is 0 Å². The summed E-state index contributed by atoms with van der Waals surface area (Å²) in [6.07, 6.45) is 11.9. The van der Waals surface area contributed by atoms with Gasteiger partial charge in [0.25, 0.3) is 0 Å². The van der Waals surface area contributed by atoms with Crippen molar-refractivity contribution in [1.82, 2.24) is 0 Å². The first kappa shape index (κ1) is 18.3. The van der Waals surface area contributed by atoms with Crippen molar-refractivity contribution in [2.45, 2.75) is 19.8 Å². The fourth-order valence-corrected chi connectivity index (χ4v) is 2.05. The van der Waals surface area contributed by atoms with Crippen molar-refractivity contribution in [3.63, 3.8) is 0 Å².